The molecule has 15 heteroatoms. The van der Waals surface area contributed by atoms with Crippen molar-refractivity contribution < 1.29 is 46.3 Å². The molecule has 2 aliphatic heterocycles. The molecule has 0 aliphatic carbocycles. The van der Waals surface area contributed by atoms with Crippen LogP contribution in [0, 0.1) is 39.2 Å². The van der Waals surface area contributed by atoms with Crippen LogP contribution in [0.3, 0.4) is 0 Å². The second kappa shape index (κ2) is 17.2. The number of rotatable bonds is 11. The maximum atomic E-state index is 14.2. The second-order valence-corrected chi connectivity index (χ2v) is 13.9. The van der Waals surface area contributed by atoms with E-state index in [0.29, 0.717) is 18.5 Å². The molecule has 10 nitrogen and oxygen atoms in total. The smallest absolute Gasteiger partial charge is 0.269 e. The zero-order valence-electron chi connectivity index (χ0n) is 30.3. The fourth-order valence-corrected chi connectivity index (χ4v) is 7.06. The highest BCUT2D eigenvalue weighted by Crippen LogP contribution is 2.39. The van der Waals surface area contributed by atoms with Crippen molar-refractivity contribution in [1.29, 1.82) is 0 Å². The average Bonchev–Trinajstić information content (AvgIpc) is 3.24. The van der Waals surface area contributed by atoms with Gasteiger partial charge in [0.1, 0.15) is 5.56 Å². The van der Waals surface area contributed by atoms with Gasteiger partial charge in [0.25, 0.3) is 11.6 Å². The quantitative estimate of drug-likeness (QED) is 0.0459. The van der Waals surface area contributed by atoms with Crippen molar-refractivity contribution in [1.82, 2.24) is 10.2 Å². The van der Waals surface area contributed by atoms with Gasteiger partial charge in [-0.25, -0.2) is 22.0 Å². The van der Waals surface area contributed by atoms with E-state index in [9.17, 15) is 42.0 Å². The summed E-state index contributed by atoms with van der Waals surface area (Å²) in [5.41, 5.74) is 3.98. The van der Waals surface area contributed by atoms with Gasteiger partial charge in [0, 0.05) is 69.1 Å². The molecule has 2 saturated heterocycles. The van der Waals surface area contributed by atoms with Crippen LogP contribution in [0.25, 0.3) is 11.1 Å². The van der Waals surface area contributed by atoms with Crippen molar-refractivity contribution in [3.63, 3.8) is 0 Å². The molecular formula is C42H37F5N4O6. The molecule has 1 amide bonds. The first kappa shape index (κ1) is 39.5. The molecule has 3 atom stereocenters. The van der Waals surface area contributed by atoms with Crippen LogP contribution >= 0.6 is 0 Å². The number of hydrogen-bond acceptors (Lipinski definition) is 8. The summed E-state index contributed by atoms with van der Waals surface area (Å²) in [5.74, 6) is -12.6. The van der Waals surface area contributed by atoms with E-state index < -0.39 is 51.8 Å². The van der Waals surface area contributed by atoms with Gasteiger partial charge >= 0.3 is 0 Å². The van der Waals surface area contributed by atoms with Crippen LogP contribution in [0.1, 0.15) is 51.4 Å². The Hall–Kier alpha value is -5.74. The molecule has 7 rings (SSSR count). The van der Waals surface area contributed by atoms with E-state index in [2.05, 4.69) is 15.1 Å². The third-order valence-corrected chi connectivity index (χ3v) is 10.2. The van der Waals surface area contributed by atoms with Gasteiger partial charge < -0.3 is 24.8 Å². The Balaban J connectivity index is 1.02. The van der Waals surface area contributed by atoms with Gasteiger partial charge in [-0.05, 0) is 46.0 Å². The van der Waals surface area contributed by atoms with Crippen LogP contribution in [0.5, 0.6) is 0 Å². The molecule has 2 N–H and O–H groups in total. The average molecular weight is 789 g/mol. The predicted octanol–water partition coefficient (Wildman–Crippen LogP) is 7.75. The maximum absolute atomic E-state index is 14.2. The van der Waals surface area contributed by atoms with Crippen LogP contribution in [-0.4, -0.2) is 59.7 Å². The van der Waals surface area contributed by atoms with E-state index in [1.54, 1.807) is 30.3 Å². The number of hydrogen-bond donors (Lipinski definition) is 2. The summed E-state index contributed by atoms with van der Waals surface area (Å²) < 4.78 is 82.2. The van der Waals surface area contributed by atoms with E-state index >= 15 is 0 Å². The summed E-state index contributed by atoms with van der Waals surface area (Å²) in [6.45, 7) is 3.37. The van der Waals surface area contributed by atoms with Crippen molar-refractivity contribution in [2.45, 2.75) is 38.1 Å². The molecular weight excluding hydrogens is 751 g/mol. The van der Waals surface area contributed by atoms with Gasteiger partial charge in [0.15, 0.2) is 29.6 Å². The van der Waals surface area contributed by atoms with Crippen molar-refractivity contribution in [3.8, 4) is 11.1 Å². The number of carbonyl (C=O) groups excluding carboxylic acids is 1. The fourth-order valence-electron chi connectivity index (χ4n) is 7.06. The minimum atomic E-state index is -2.34. The monoisotopic (exact) mass is 788 g/mol. The Morgan fingerprint density at radius 3 is 2.02 bits per heavy atom. The molecule has 3 unspecified atom stereocenters. The van der Waals surface area contributed by atoms with Crippen LogP contribution in [0.4, 0.5) is 33.3 Å². The molecule has 0 aromatic heterocycles. The lowest BCUT2D eigenvalue weighted by Gasteiger charge is -2.41. The minimum Gasteiger partial charge on any atom is -0.392 e. The highest BCUT2D eigenvalue weighted by molar-refractivity contribution is 5.94. The molecule has 2 aliphatic rings. The zero-order valence-corrected chi connectivity index (χ0v) is 30.3. The van der Waals surface area contributed by atoms with E-state index in [4.69, 9.17) is 9.47 Å². The highest BCUT2D eigenvalue weighted by atomic mass is 19.2. The molecule has 2 fully saturated rings. The van der Waals surface area contributed by atoms with Crippen molar-refractivity contribution >= 4 is 17.3 Å². The van der Waals surface area contributed by atoms with Gasteiger partial charge in [-0.1, -0.05) is 66.7 Å². The number of aliphatic hydroxyl groups excluding tert-OH is 1. The molecule has 0 saturated carbocycles. The number of carbonyl (C=O) groups is 1. The minimum absolute atomic E-state index is 0.0517. The van der Waals surface area contributed by atoms with Crippen LogP contribution in [0.15, 0.2) is 97.1 Å². The number of nitro benzene ring substituents is 1. The SMILES string of the molecule is O=C(NCc1cccc(-c2ccc(C3OC(CN4CCN(c5ccc([N+](=O)[O-])cc5)CC4)CC(c4ccc(CO)cc4)O3)cc2)c1)c1c(F)c(F)c(F)c(F)c1F. The number of non-ortho nitro benzene ring substituents is 1. The summed E-state index contributed by atoms with van der Waals surface area (Å²) in [7, 11) is 0. The molecule has 5 aromatic rings. The van der Waals surface area contributed by atoms with Gasteiger partial charge in [-0.2, -0.15) is 0 Å². The van der Waals surface area contributed by atoms with E-state index in [0.717, 1.165) is 59.7 Å². The number of halogens is 5. The van der Waals surface area contributed by atoms with Crippen molar-refractivity contribution in [2.24, 2.45) is 0 Å². The molecule has 0 bridgehead atoms. The lowest BCUT2D eigenvalue weighted by Crippen LogP contribution is -2.49. The number of benzene rings is 5. The normalized spacial score (nSPS) is 18.7. The van der Waals surface area contributed by atoms with Crippen molar-refractivity contribution in [2.75, 3.05) is 37.6 Å². The number of ether oxygens (including phenoxy) is 2. The molecule has 2 heterocycles. The molecule has 0 radical (unpaired) electrons. The van der Waals surface area contributed by atoms with E-state index in [1.165, 1.54) is 12.1 Å². The molecule has 57 heavy (non-hydrogen) atoms. The summed E-state index contributed by atoms with van der Waals surface area (Å²) in [4.78, 5) is 27.7. The summed E-state index contributed by atoms with van der Waals surface area (Å²) >= 11 is 0. The summed E-state index contributed by atoms with van der Waals surface area (Å²) in [6.07, 6.45) is -0.582. The highest BCUT2D eigenvalue weighted by Gasteiger charge is 2.34. The first-order chi connectivity index (χ1) is 27.5. The topological polar surface area (TPSA) is 117 Å². The number of nitro groups is 1. The van der Waals surface area contributed by atoms with Gasteiger partial charge in [0.05, 0.1) is 23.7 Å². The van der Waals surface area contributed by atoms with Crippen molar-refractivity contribution in [3.05, 3.63) is 164 Å². The lowest BCUT2D eigenvalue weighted by molar-refractivity contribution is -0.384. The molecule has 296 valence electrons. The van der Waals surface area contributed by atoms with Crippen LogP contribution in [-0.2, 0) is 22.6 Å². The third kappa shape index (κ3) is 8.81. The Bertz CT molecular complexity index is 2210. The Morgan fingerprint density at radius 1 is 0.754 bits per heavy atom. The third-order valence-electron chi connectivity index (χ3n) is 10.2. The van der Waals surface area contributed by atoms with Crippen LogP contribution in [0.2, 0.25) is 0 Å². The standard InChI is InChI=1S/C42H37F5N4O6/c43-36-35(37(44)39(46)40(47)38(36)45)41(53)48-22-26-2-1-3-30(20-26)27-8-10-29(11-9-27)42-56-33(21-34(57-42)28-6-4-25(24-52)5-7-28)23-49-16-18-50(19-17-49)31-12-14-32(15-13-31)51(54)55/h1-15,20,33-34,42,52H,16-19,21-24H2,(H,48,53). The number of nitrogens with one attached hydrogen (secondary N) is 1. The molecule has 0 spiro atoms. The summed E-state index contributed by atoms with van der Waals surface area (Å²) in [6, 6.07) is 28.6. The van der Waals surface area contributed by atoms with Gasteiger partial charge in [0.2, 0.25) is 5.82 Å². The van der Waals surface area contributed by atoms with E-state index in [-0.39, 0.29) is 31.0 Å². The summed E-state index contributed by atoms with van der Waals surface area (Å²) in [5, 5.41) is 22.9. The molecule has 5 aromatic carbocycles. The predicted molar refractivity (Wildman–Crippen MR) is 199 cm³/mol. The Labute approximate surface area is 324 Å². The van der Waals surface area contributed by atoms with Gasteiger partial charge in [-0.15, -0.1) is 0 Å². The first-order valence-electron chi connectivity index (χ1n) is 18.2. The van der Waals surface area contributed by atoms with E-state index in [1.807, 2.05) is 54.6 Å². The number of nitrogens with zero attached hydrogens (tertiary/aromatic N) is 3. The Kier molecular flexibility index (Phi) is 11.9. The first-order valence-corrected chi connectivity index (χ1v) is 18.2. The van der Waals surface area contributed by atoms with Crippen LogP contribution < -0.4 is 10.2 Å². The number of aliphatic hydroxyl groups is 1. The Morgan fingerprint density at radius 2 is 1.39 bits per heavy atom. The second-order valence-electron chi connectivity index (χ2n) is 13.9. The number of piperazine rings is 1. The number of amides is 1. The lowest BCUT2D eigenvalue weighted by atomic mass is 9.98. The largest absolute Gasteiger partial charge is 0.392 e. The maximum Gasteiger partial charge on any atom is 0.269 e. The zero-order chi connectivity index (χ0) is 40.2. The van der Waals surface area contributed by atoms with Gasteiger partial charge in [-0.3, -0.25) is 19.8 Å². The number of anilines is 1. The fraction of sp³-hybridized carbons (Fsp3) is 0.262.